The van der Waals surface area contributed by atoms with Gasteiger partial charge in [-0.1, -0.05) is 13.8 Å². The average molecular weight is 311 g/mol. The lowest BCUT2D eigenvalue weighted by atomic mass is 9.82. The number of carbonyl (C=O) groups is 1. The summed E-state index contributed by atoms with van der Waals surface area (Å²) in [6, 6.07) is 3.40. The molecular formula is C16H25NO5. The number of aliphatic carboxylic acids is 1. The van der Waals surface area contributed by atoms with Crippen molar-refractivity contribution in [2.75, 3.05) is 20.8 Å². The molecule has 1 aromatic rings. The van der Waals surface area contributed by atoms with E-state index >= 15 is 0 Å². The summed E-state index contributed by atoms with van der Waals surface area (Å²) in [5.74, 6) is -0.181. The summed E-state index contributed by atoms with van der Waals surface area (Å²) in [4.78, 5) is 11.5. The maximum atomic E-state index is 11.5. The maximum Gasteiger partial charge on any atom is 0.310 e. The minimum Gasteiger partial charge on any atom is -0.502 e. The van der Waals surface area contributed by atoms with Gasteiger partial charge in [-0.25, -0.2) is 0 Å². The Kier molecular flexibility index (Phi) is 6.49. The van der Waals surface area contributed by atoms with E-state index in [0.717, 1.165) is 5.56 Å². The second-order valence-corrected chi connectivity index (χ2v) is 5.25. The van der Waals surface area contributed by atoms with Crippen LogP contribution in [0.2, 0.25) is 0 Å². The van der Waals surface area contributed by atoms with E-state index in [1.165, 1.54) is 14.2 Å². The first kappa shape index (κ1) is 18.1. The normalized spacial score (nSPS) is 11.3. The lowest BCUT2D eigenvalue weighted by Crippen LogP contribution is -2.40. The molecule has 3 N–H and O–H groups in total. The van der Waals surface area contributed by atoms with E-state index in [9.17, 15) is 15.0 Å². The molecule has 0 atom stereocenters. The van der Waals surface area contributed by atoms with Crippen LogP contribution in [-0.2, 0) is 11.3 Å². The largest absolute Gasteiger partial charge is 0.502 e. The van der Waals surface area contributed by atoms with Crippen molar-refractivity contribution in [3.05, 3.63) is 17.7 Å². The van der Waals surface area contributed by atoms with Crippen LogP contribution in [0.25, 0.3) is 0 Å². The zero-order valence-electron chi connectivity index (χ0n) is 13.6. The number of carboxylic acid groups (broad SMARTS) is 1. The topological polar surface area (TPSA) is 88.0 Å². The number of aromatic hydroxyl groups is 1. The zero-order chi connectivity index (χ0) is 16.8. The molecule has 0 aliphatic rings. The first-order valence-corrected chi connectivity index (χ1v) is 7.32. The third-order valence-corrected chi connectivity index (χ3v) is 4.14. The summed E-state index contributed by atoms with van der Waals surface area (Å²) in [7, 11) is 2.94. The highest BCUT2D eigenvalue weighted by Crippen LogP contribution is 2.37. The minimum atomic E-state index is -0.786. The molecular weight excluding hydrogens is 286 g/mol. The van der Waals surface area contributed by atoms with E-state index in [-0.39, 0.29) is 5.75 Å². The number of hydrogen-bond donors (Lipinski definition) is 3. The lowest BCUT2D eigenvalue weighted by molar-refractivity contribution is -0.149. The molecule has 0 unspecified atom stereocenters. The molecule has 124 valence electrons. The van der Waals surface area contributed by atoms with E-state index in [4.69, 9.17) is 9.47 Å². The van der Waals surface area contributed by atoms with Gasteiger partial charge in [0.15, 0.2) is 11.5 Å². The van der Waals surface area contributed by atoms with Crippen molar-refractivity contribution in [3.63, 3.8) is 0 Å². The SMILES string of the molecule is CCC(CC)(CNCc1cc(OC)c(O)c(OC)c1)C(=O)O. The molecule has 0 fully saturated rings. The molecule has 22 heavy (non-hydrogen) atoms. The van der Waals surface area contributed by atoms with E-state index in [0.29, 0.717) is 37.4 Å². The fourth-order valence-electron chi connectivity index (χ4n) is 2.37. The number of benzene rings is 1. The lowest BCUT2D eigenvalue weighted by Gasteiger charge is -2.27. The smallest absolute Gasteiger partial charge is 0.310 e. The van der Waals surface area contributed by atoms with E-state index in [1.54, 1.807) is 12.1 Å². The third kappa shape index (κ3) is 3.82. The molecule has 1 aromatic carbocycles. The summed E-state index contributed by atoms with van der Waals surface area (Å²) < 4.78 is 10.2. The van der Waals surface area contributed by atoms with Gasteiger partial charge in [0.05, 0.1) is 19.6 Å². The molecule has 0 bridgehead atoms. The van der Waals surface area contributed by atoms with Crippen molar-refractivity contribution in [3.8, 4) is 17.2 Å². The Morgan fingerprint density at radius 3 is 2.05 bits per heavy atom. The molecule has 0 aliphatic carbocycles. The molecule has 0 heterocycles. The van der Waals surface area contributed by atoms with Gasteiger partial charge < -0.3 is 25.0 Å². The summed E-state index contributed by atoms with van der Waals surface area (Å²) in [6.07, 6.45) is 1.13. The van der Waals surface area contributed by atoms with Gasteiger partial charge in [0.25, 0.3) is 0 Å². The second kappa shape index (κ2) is 7.89. The van der Waals surface area contributed by atoms with Crippen LogP contribution >= 0.6 is 0 Å². The van der Waals surface area contributed by atoms with Crippen LogP contribution in [0.3, 0.4) is 0 Å². The second-order valence-electron chi connectivity index (χ2n) is 5.25. The summed E-state index contributed by atoms with van der Waals surface area (Å²) in [5.41, 5.74) is 0.0865. The number of phenols is 1. The van der Waals surface area contributed by atoms with Gasteiger partial charge in [-0.3, -0.25) is 4.79 Å². The molecule has 0 saturated carbocycles. The highest BCUT2D eigenvalue weighted by molar-refractivity contribution is 5.74. The van der Waals surface area contributed by atoms with Gasteiger partial charge in [0, 0.05) is 13.1 Å². The highest BCUT2D eigenvalue weighted by Gasteiger charge is 2.34. The Morgan fingerprint density at radius 1 is 1.18 bits per heavy atom. The Labute approximate surface area is 131 Å². The van der Waals surface area contributed by atoms with Crippen LogP contribution in [-0.4, -0.2) is 36.9 Å². The molecule has 1 rings (SSSR count). The van der Waals surface area contributed by atoms with Crippen molar-refractivity contribution in [2.24, 2.45) is 5.41 Å². The van der Waals surface area contributed by atoms with Gasteiger partial charge in [-0.15, -0.1) is 0 Å². The first-order valence-electron chi connectivity index (χ1n) is 7.32. The molecule has 6 heteroatoms. The van der Waals surface area contributed by atoms with E-state index < -0.39 is 11.4 Å². The summed E-state index contributed by atoms with van der Waals surface area (Å²) in [6.45, 7) is 4.60. The molecule has 0 saturated heterocycles. The molecule has 6 nitrogen and oxygen atoms in total. The Morgan fingerprint density at radius 2 is 1.68 bits per heavy atom. The van der Waals surface area contributed by atoms with Crippen molar-refractivity contribution in [1.29, 1.82) is 0 Å². The van der Waals surface area contributed by atoms with Gasteiger partial charge >= 0.3 is 5.97 Å². The molecule has 0 aliphatic heterocycles. The summed E-state index contributed by atoms with van der Waals surface area (Å²) in [5, 5.41) is 22.5. The van der Waals surface area contributed by atoms with Crippen LogP contribution in [0.15, 0.2) is 12.1 Å². The maximum absolute atomic E-state index is 11.5. The first-order chi connectivity index (χ1) is 10.4. The number of carboxylic acids is 1. The predicted octanol–water partition coefficient (Wildman–Crippen LogP) is 2.39. The van der Waals surface area contributed by atoms with E-state index in [1.807, 2.05) is 13.8 Å². The Hall–Kier alpha value is -1.95. The fourth-order valence-corrected chi connectivity index (χ4v) is 2.37. The van der Waals surface area contributed by atoms with Crippen molar-refractivity contribution in [2.45, 2.75) is 33.2 Å². The zero-order valence-corrected chi connectivity index (χ0v) is 13.6. The van der Waals surface area contributed by atoms with Crippen molar-refractivity contribution in [1.82, 2.24) is 5.32 Å². The van der Waals surface area contributed by atoms with Crippen molar-refractivity contribution < 1.29 is 24.5 Å². The number of phenolic OH excluding ortho intramolecular Hbond substituents is 1. The van der Waals surface area contributed by atoms with Gasteiger partial charge in [-0.2, -0.15) is 0 Å². The molecule has 0 spiro atoms. The summed E-state index contributed by atoms with van der Waals surface area (Å²) >= 11 is 0. The minimum absolute atomic E-state index is 0.0456. The number of nitrogens with one attached hydrogen (secondary N) is 1. The quantitative estimate of drug-likeness (QED) is 0.649. The van der Waals surface area contributed by atoms with E-state index in [2.05, 4.69) is 5.32 Å². The number of methoxy groups -OCH3 is 2. The molecule has 0 amide bonds. The number of rotatable bonds is 9. The van der Waals surface area contributed by atoms with Gasteiger partial charge in [0.1, 0.15) is 0 Å². The molecule has 0 aromatic heterocycles. The van der Waals surface area contributed by atoms with Crippen molar-refractivity contribution >= 4 is 5.97 Å². The third-order valence-electron chi connectivity index (χ3n) is 4.14. The standard InChI is InChI=1S/C16H25NO5/c1-5-16(6-2,15(19)20)10-17-9-11-7-12(21-3)14(18)13(8-11)22-4/h7-8,17-18H,5-6,9-10H2,1-4H3,(H,19,20). The monoisotopic (exact) mass is 311 g/mol. The van der Waals surface area contributed by atoms with Gasteiger partial charge in [-0.05, 0) is 30.5 Å². The number of hydrogen-bond acceptors (Lipinski definition) is 5. The predicted molar refractivity (Wildman–Crippen MR) is 83.6 cm³/mol. The average Bonchev–Trinajstić information content (AvgIpc) is 2.52. The van der Waals surface area contributed by atoms with Crippen LogP contribution in [0.4, 0.5) is 0 Å². The Balaban J connectivity index is 2.82. The van der Waals surface area contributed by atoms with Crippen LogP contribution in [0.1, 0.15) is 32.3 Å². The van der Waals surface area contributed by atoms with Crippen LogP contribution in [0.5, 0.6) is 17.2 Å². The van der Waals surface area contributed by atoms with Gasteiger partial charge in [0.2, 0.25) is 5.75 Å². The van der Waals surface area contributed by atoms with Crippen LogP contribution < -0.4 is 14.8 Å². The molecule has 0 radical (unpaired) electrons. The Bertz CT molecular complexity index is 486. The number of ether oxygens (including phenoxy) is 2. The highest BCUT2D eigenvalue weighted by atomic mass is 16.5. The van der Waals surface area contributed by atoms with Crippen LogP contribution in [0, 0.1) is 5.41 Å². The fraction of sp³-hybridized carbons (Fsp3) is 0.562.